The molecule has 2 aliphatic heterocycles. The lowest BCUT2D eigenvalue weighted by Crippen LogP contribution is -2.48. The molecule has 9 heteroatoms. The summed E-state index contributed by atoms with van der Waals surface area (Å²) >= 11 is 0. The lowest BCUT2D eigenvalue weighted by Gasteiger charge is -2.35. The second-order valence-electron chi connectivity index (χ2n) is 8.68. The highest BCUT2D eigenvalue weighted by Gasteiger charge is 2.26. The third-order valence-corrected chi connectivity index (χ3v) is 5.73. The third kappa shape index (κ3) is 9.38. The molecule has 2 N–H and O–H groups in total. The Morgan fingerprint density at radius 3 is 2.55 bits per heavy atom. The average Bonchev–Trinajstić information content (AvgIpc) is 3.31. The monoisotopic (exact) mass is 574 g/mol. The Hall–Kier alpha value is -1.43. The van der Waals surface area contributed by atoms with Gasteiger partial charge in [0, 0.05) is 57.9 Å². The van der Waals surface area contributed by atoms with Gasteiger partial charge in [-0.2, -0.15) is 0 Å². The van der Waals surface area contributed by atoms with Crippen LogP contribution in [0.2, 0.25) is 0 Å². The quantitative estimate of drug-likeness (QED) is 0.204. The zero-order valence-electron chi connectivity index (χ0n) is 20.0. The number of hydrogen-bond donors (Lipinski definition) is 2. The van der Waals surface area contributed by atoms with E-state index in [4.69, 9.17) is 14.2 Å². The first-order chi connectivity index (χ1) is 15.5. The zero-order chi connectivity index (χ0) is 22.8. The van der Waals surface area contributed by atoms with E-state index in [2.05, 4.69) is 15.6 Å². The van der Waals surface area contributed by atoms with Crippen molar-refractivity contribution in [2.24, 2.45) is 10.9 Å². The summed E-state index contributed by atoms with van der Waals surface area (Å²) in [5, 5.41) is 6.63. The molecular weight excluding hydrogens is 535 g/mol. The van der Waals surface area contributed by atoms with Gasteiger partial charge in [-0.05, 0) is 44.4 Å². The molecule has 0 spiro atoms. The number of guanidine groups is 1. The lowest BCUT2D eigenvalue weighted by molar-refractivity contribution is -0.0586. The number of hydrogen-bond acceptors (Lipinski definition) is 5. The predicted octanol–water partition coefficient (Wildman–Crippen LogP) is 2.66. The normalized spacial score (nSPS) is 23.2. The van der Waals surface area contributed by atoms with Gasteiger partial charge in [-0.1, -0.05) is 12.1 Å². The van der Waals surface area contributed by atoms with Crippen LogP contribution in [0, 0.1) is 5.92 Å². The SMILES string of the molecule is CN=C(NCCCOCC1CCOC1)NCc1ccc(C(=O)N2CC(C)OC(C)C2)cc1.I. The molecule has 8 nitrogen and oxygen atoms in total. The number of nitrogens with one attached hydrogen (secondary N) is 2. The van der Waals surface area contributed by atoms with Crippen molar-refractivity contribution in [3.05, 3.63) is 35.4 Å². The highest BCUT2D eigenvalue weighted by molar-refractivity contribution is 14.0. The molecule has 1 aromatic rings. The minimum atomic E-state index is 0. The van der Waals surface area contributed by atoms with Gasteiger partial charge >= 0.3 is 0 Å². The summed E-state index contributed by atoms with van der Waals surface area (Å²) < 4.78 is 16.8. The highest BCUT2D eigenvalue weighted by atomic mass is 127. The van der Waals surface area contributed by atoms with Crippen LogP contribution in [0.25, 0.3) is 0 Å². The van der Waals surface area contributed by atoms with Crippen LogP contribution in [-0.4, -0.2) is 82.1 Å². The van der Waals surface area contributed by atoms with E-state index in [1.807, 2.05) is 43.0 Å². The van der Waals surface area contributed by atoms with Gasteiger partial charge in [0.2, 0.25) is 0 Å². The molecule has 0 bridgehead atoms. The molecule has 3 unspecified atom stereocenters. The summed E-state index contributed by atoms with van der Waals surface area (Å²) in [6, 6.07) is 7.77. The van der Waals surface area contributed by atoms with E-state index < -0.39 is 0 Å². The first-order valence-electron chi connectivity index (χ1n) is 11.7. The molecule has 186 valence electrons. The van der Waals surface area contributed by atoms with Gasteiger partial charge < -0.3 is 29.7 Å². The molecule has 2 saturated heterocycles. The molecule has 2 heterocycles. The number of amides is 1. The fraction of sp³-hybridized carbons (Fsp3) is 0.667. The number of morpholine rings is 1. The molecule has 1 aromatic carbocycles. The first-order valence-corrected chi connectivity index (χ1v) is 11.7. The van der Waals surface area contributed by atoms with Crippen LogP contribution in [-0.2, 0) is 20.8 Å². The Labute approximate surface area is 214 Å². The van der Waals surface area contributed by atoms with E-state index in [9.17, 15) is 4.79 Å². The Balaban J connectivity index is 0.00000385. The smallest absolute Gasteiger partial charge is 0.254 e. The van der Waals surface area contributed by atoms with Gasteiger partial charge in [0.25, 0.3) is 5.91 Å². The van der Waals surface area contributed by atoms with E-state index in [-0.39, 0.29) is 42.1 Å². The fourth-order valence-electron chi connectivity index (χ4n) is 4.04. The van der Waals surface area contributed by atoms with Crippen molar-refractivity contribution in [1.29, 1.82) is 0 Å². The largest absolute Gasteiger partial charge is 0.381 e. The summed E-state index contributed by atoms with van der Waals surface area (Å²) in [5.41, 5.74) is 1.80. The number of ether oxygens (including phenoxy) is 3. The van der Waals surface area contributed by atoms with Crippen molar-refractivity contribution in [2.75, 3.05) is 53.1 Å². The van der Waals surface area contributed by atoms with Gasteiger partial charge in [-0.15, -0.1) is 24.0 Å². The highest BCUT2D eigenvalue weighted by Crippen LogP contribution is 2.15. The summed E-state index contributed by atoms with van der Waals surface area (Å²) in [7, 11) is 1.76. The van der Waals surface area contributed by atoms with Gasteiger partial charge in [-0.25, -0.2) is 0 Å². The zero-order valence-corrected chi connectivity index (χ0v) is 22.4. The van der Waals surface area contributed by atoms with E-state index in [1.165, 1.54) is 0 Å². The van der Waals surface area contributed by atoms with E-state index in [0.29, 0.717) is 31.1 Å². The molecule has 0 saturated carbocycles. The Bertz CT molecular complexity index is 730. The topological polar surface area (TPSA) is 84.4 Å². The van der Waals surface area contributed by atoms with Crippen LogP contribution in [0.1, 0.15) is 42.6 Å². The van der Waals surface area contributed by atoms with Crippen molar-refractivity contribution in [2.45, 2.75) is 45.4 Å². The molecular formula is C24H39IN4O4. The fourth-order valence-corrected chi connectivity index (χ4v) is 4.04. The van der Waals surface area contributed by atoms with Crippen LogP contribution in [0.4, 0.5) is 0 Å². The molecule has 3 atom stereocenters. The summed E-state index contributed by atoms with van der Waals surface area (Å²) in [6.45, 7) is 9.92. The van der Waals surface area contributed by atoms with Gasteiger partial charge in [-0.3, -0.25) is 9.79 Å². The number of halogens is 1. The second kappa shape index (κ2) is 14.7. The molecule has 3 rings (SSSR count). The number of benzene rings is 1. The maximum atomic E-state index is 12.8. The molecule has 0 aromatic heterocycles. The van der Waals surface area contributed by atoms with Crippen molar-refractivity contribution < 1.29 is 19.0 Å². The summed E-state index contributed by atoms with van der Waals surface area (Å²) in [4.78, 5) is 18.9. The number of carbonyl (C=O) groups excluding carboxylic acids is 1. The van der Waals surface area contributed by atoms with Gasteiger partial charge in [0.15, 0.2) is 5.96 Å². The standard InChI is InChI=1S/C24H38N4O4.HI/c1-18-14-28(15-19(2)32-18)23(29)22-7-5-20(6-8-22)13-27-24(25-3)26-10-4-11-30-16-21-9-12-31-17-21;/h5-8,18-19,21H,4,9-17H2,1-3H3,(H2,25,26,27);1H. The Morgan fingerprint density at radius 2 is 1.91 bits per heavy atom. The van der Waals surface area contributed by atoms with Crippen LogP contribution >= 0.6 is 24.0 Å². The van der Waals surface area contributed by atoms with E-state index in [1.54, 1.807) is 7.05 Å². The molecule has 0 aliphatic carbocycles. The van der Waals surface area contributed by atoms with E-state index >= 15 is 0 Å². The van der Waals surface area contributed by atoms with Crippen LogP contribution < -0.4 is 10.6 Å². The Kier molecular flexibility index (Phi) is 12.4. The molecule has 33 heavy (non-hydrogen) atoms. The number of aliphatic imine (C=N–C) groups is 1. The van der Waals surface area contributed by atoms with Crippen molar-refractivity contribution >= 4 is 35.8 Å². The third-order valence-electron chi connectivity index (χ3n) is 5.73. The minimum Gasteiger partial charge on any atom is -0.381 e. The molecule has 0 radical (unpaired) electrons. The molecule has 2 aliphatic rings. The number of rotatable bonds is 9. The summed E-state index contributed by atoms with van der Waals surface area (Å²) in [5.74, 6) is 1.37. The van der Waals surface area contributed by atoms with Crippen LogP contribution in [0.15, 0.2) is 29.3 Å². The maximum Gasteiger partial charge on any atom is 0.254 e. The van der Waals surface area contributed by atoms with Crippen LogP contribution in [0.3, 0.4) is 0 Å². The minimum absolute atomic E-state index is 0. The Morgan fingerprint density at radius 1 is 1.18 bits per heavy atom. The predicted molar refractivity (Wildman–Crippen MR) is 140 cm³/mol. The maximum absolute atomic E-state index is 12.8. The van der Waals surface area contributed by atoms with Crippen LogP contribution in [0.5, 0.6) is 0 Å². The van der Waals surface area contributed by atoms with E-state index in [0.717, 1.165) is 57.3 Å². The number of carbonyl (C=O) groups is 1. The average molecular weight is 575 g/mol. The molecule has 2 fully saturated rings. The van der Waals surface area contributed by atoms with Crippen molar-refractivity contribution in [3.63, 3.8) is 0 Å². The van der Waals surface area contributed by atoms with Gasteiger partial charge in [0.05, 0.1) is 25.4 Å². The van der Waals surface area contributed by atoms with Gasteiger partial charge in [0.1, 0.15) is 0 Å². The second-order valence-corrected chi connectivity index (χ2v) is 8.68. The lowest BCUT2D eigenvalue weighted by atomic mass is 10.1. The summed E-state index contributed by atoms with van der Waals surface area (Å²) in [6.07, 6.45) is 2.16. The number of nitrogens with zero attached hydrogens (tertiary/aromatic N) is 2. The first kappa shape index (κ1) is 27.8. The van der Waals surface area contributed by atoms with Crippen molar-refractivity contribution in [3.8, 4) is 0 Å². The molecule has 1 amide bonds. The van der Waals surface area contributed by atoms with Crippen molar-refractivity contribution in [1.82, 2.24) is 15.5 Å².